The van der Waals surface area contributed by atoms with Crippen molar-refractivity contribution in [3.8, 4) is 5.75 Å². The van der Waals surface area contributed by atoms with Gasteiger partial charge in [0.1, 0.15) is 29.8 Å². The highest BCUT2D eigenvalue weighted by atomic mass is 31.0. The summed E-state index contributed by atoms with van der Waals surface area (Å²) in [6.45, 7) is 15.7. The Morgan fingerprint density at radius 1 is 0.696 bits per heavy atom. The van der Waals surface area contributed by atoms with Crippen molar-refractivity contribution in [2.75, 3.05) is 14.2 Å². The Kier molecular flexibility index (Phi) is 19.0. The van der Waals surface area contributed by atoms with Crippen LogP contribution in [0.25, 0.3) is 0 Å². The molecule has 0 aliphatic rings. The van der Waals surface area contributed by atoms with Crippen LogP contribution in [0.15, 0.2) is 18.2 Å². The lowest BCUT2D eigenvalue weighted by Crippen LogP contribution is -2.60. The van der Waals surface area contributed by atoms with E-state index in [9.17, 15) is 42.7 Å². The molecule has 0 heterocycles. The molecule has 0 spiro atoms. The Labute approximate surface area is 330 Å². The molecule has 0 saturated heterocycles. The van der Waals surface area contributed by atoms with Crippen LogP contribution in [-0.2, 0) is 47.8 Å². The van der Waals surface area contributed by atoms with Crippen molar-refractivity contribution in [2.45, 2.75) is 124 Å². The van der Waals surface area contributed by atoms with Gasteiger partial charge in [0.25, 0.3) is 0 Å². The molecular formula is C38H59FN5O11P. The summed E-state index contributed by atoms with van der Waals surface area (Å²) in [6.07, 6.45) is -1.09. The van der Waals surface area contributed by atoms with E-state index in [1.807, 2.05) is 0 Å². The van der Waals surface area contributed by atoms with Crippen LogP contribution in [0, 0.1) is 23.1 Å². The average molecular weight is 812 g/mol. The van der Waals surface area contributed by atoms with Gasteiger partial charge in [0.05, 0.1) is 33.1 Å². The van der Waals surface area contributed by atoms with E-state index in [4.69, 9.17) is 9.47 Å². The lowest BCUT2D eigenvalue weighted by molar-refractivity contribution is -0.146. The molecule has 0 aromatic heterocycles. The zero-order valence-corrected chi connectivity index (χ0v) is 35.5. The number of Topliss-reactive ketones (excluding diaryl/α,β-unsaturated/α-hetero) is 1. The number of esters is 2. The molecule has 314 valence electrons. The normalized spacial score (nSPS) is 14.3. The molecule has 0 fully saturated rings. The average Bonchev–Trinajstić information content (AvgIpc) is 3.08. The maximum atomic E-state index is 14.6. The summed E-state index contributed by atoms with van der Waals surface area (Å²) in [6, 6.07) is -2.10. The summed E-state index contributed by atoms with van der Waals surface area (Å²) >= 11 is 0. The van der Waals surface area contributed by atoms with Gasteiger partial charge in [0.2, 0.25) is 29.5 Å². The first kappa shape index (κ1) is 49.4. The number of rotatable bonds is 21. The molecule has 0 aliphatic carbocycles. The Balaban J connectivity index is 3.21. The number of methoxy groups -OCH3 is 2. The number of hydrogen-bond donors (Lipinski definition) is 5. The number of ketones is 1. The van der Waals surface area contributed by atoms with Crippen LogP contribution < -0.4 is 36.6 Å². The Morgan fingerprint density at radius 3 is 1.66 bits per heavy atom. The minimum Gasteiger partial charge on any atom is -0.484 e. The second-order valence-corrected chi connectivity index (χ2v) is 16.1. The van der Waals surface area contributed by atoms with Gasteiger partial charge in [-0.15, -0.1) is 9.24 Å². The first-order valence-electron chi connectivity index (χ1n) is 18.2. The van der Waals surface area contributed by atoms with E-state index in [2.05, 4.69) is 40.6 Å². The SMILES string of the molecule is COC(=O)CC(NC(=O)[C@@H](NC(C)=O)C(C)C)C(=O)N[C@H](C(=O)NC(C)C(=O)N[C@@H](CC(=O)OC)C(=O)C(C)(C)CC(C)(C)Oc1c(F)cccc1P)C(C)C. The minimum absolute atomic E-state index is 0.00362. The van der Waals surface area contributed by atoms with Gasteiger partial charge in [-0.2, -0.15) is 0 Å². The second-order valence-electron chi connectivity index (χ2n) is 15.5. The fourth-order valence-electron chi connectivity index (χ4n) is 5.96. The molecule has 0 radical (unpaired) electrons. The molecule has 1 aromatic carbocycles. The predicted octanol–water partition coefficient (Wildman–Crippen LogP) is 1.37. The summed E-state index contributed by atoms with van der Waals surface area (Å²) in [5, 5.41) is 13.0. The van der Waals surface area contributed by atoms with Crippen LogP contribution in [0.2, 0.25) is 0 Å². The molecular weight excluding hydrogens is 752 g/mol. The summed E-state index contributed by atoms with van der Waals surface area (Å²) < 4.78 is 30.0. The highest BCUT2D eigenvalue weighted by Crippen LogP contribution is 2.34. The van der Waals surface area contributed by atoms with Gasteiger partial charge in [-0.3, -0.25) is 38.4 Å². The Morgan fingerprint density at radius 2 is 1.18 bits per heavy atom. The number of amides is 5. The summed E-state index contributed by atoms with van der Waals surface area (Å²) in [7, 11) is 4.61. The van der Waals surface area contributed by atoms with Crippen molar-refractivity contribution in [2.24, 2.45) is 17.3 Å². The van der Waals surface area contributed by atoms with Crippen LogP contribution in [-0.4, -0.2) is 97.3 Å². The van der Waals surface area contributed by atoms with Crippen molar-refractivity contribution in [3.63, 3.8) is 0 Å². The lowest BCUT2D eigenvalue weighted by Gasteiger charge is -2.36. The van der Waals surface area contributed by atoms with Gasteiger partial charge in [-0.25, -0.2) is 4.39 Å². The molecule has 56 heavy (non-hydrogen) atoms. The van der Waals surface area contributed by atoms with E-state index < -0.39 is 113 Å². The van der Waals surface area contributed by atoms with E-state index in [1.54, 1.807) is 61.5 Å². The summed E-state index contributed by atoms with van der Waals surface area (Å²) in [5.74, 6) is -7.54. The highest BCUT2D eigenvalue weighted by Gasteiger charge is 2.42. The molecule has 5 N–H and O–H groups in total. The Hall–Kier alpha value is -4.66. The standard InChI is InChI=1S/C38H59FN5O11P/c1-19(2)29(41-22(6)45)36(52)43-25(17-28(47)54-12)34(50)44-30(20(3)4)35(51)40-21(5)33(49)42-24(16-27(46)53-11)32(48)37(7,8)18-38(9,10)55-31-23(39)14-13-15-26(31)56/h13-15,19-21,24-25,29-30H,16-18,56H2,1-12H3,(H,40,51)(H,41,45)(H,42,49)(H,43,52)(H,44,50)/t21?,24-,25?,29-,30-/m0/s1. The van der Waals surface area contributed by atoms with Crippen molar-refractivity contribution in [1.29, 1.82) is 0 Å². The second kappa shape index (κ2) is 21.6. The Bertz CT molecular complexity index is 1600. The van der Waals surface area contributed by atoms with E-state index >= 15 is 0 Å². The van der Waals surface area contributed by atoms with Crippen LogP contribution in [0.4, 0.5) is 4.39 Å². The molecule has 3 unspecified atom stereocenters. The van der Waals surface area contributed by atoms with Gasteiger partial charge in [-0.1, -0.05) is 53.7 Å². The number of para-hydroxylation sites is 1. The summed E-state index contributed by atoms with van der Waals surface area (Å²) in [4.78, 5) is 104. The van der Waals surface area contributed by atoms with Gasteiger partial charge in [-0.05, 0) is 45.1 Å². The molecule has 16 nitrogen and oxygen atoms in total. The third kappa shape index (κ3) is 15.5. The highest BCUT2D eigenvalue weighted by molar-refractivity contribution is 7.27. The maximum Gasteiger partial charge on any atom is 0.308 e. The number of benzene rings is 1. The van der Waals surface area contributed by atoms with Crippen LogP contribution in [0.5, 0.6) is 5.75 Å². The molecule has 18 heteroatoms. The van der Waals surface area contributed by atoms with Gasteiger partial charge in [0, 0.05) is 17.6 Å². The number of carbonyl (C=O) groups excluding carboxylic acids is 8. The zero-order valence-electron chi connectivity index (χ0n) is 34.3. The number of carbonyl (C=O) groups is 8. The first-order chi connectivity index (χ1) is 25.8. The molecule has 0 saturated carbocycles. The van der Waals surface area contributed by atoms with E-state index in [0.29, 0.717) is 5.30 Å². The van der Waals surface area contributed by atoms with E-state index in [0.717, 1.165) is 14.2 Å². The third-order valence-corrected chi connectivity index (χ3v) is 9.13. The smallest absolute Gasteiger partial charge is 0.308 e. The maximum absolute atomic E-state index is 14.6. The number of ether oxygens (including phenoxy) is 3. The third-order valence-electron chi connectivity index (χ3n) is 8.68. The zero-order chi connectivity index (χ0) is 43.3. The fraction of sp³-hybridized carbons (Fsp3) is 0.632. The van der Waals surface area contributed by atoms with Crippen LogP contribution in [0.1, 0.15) is 88.5 Å². The molecule has 0 aliphatic heterocycles. The topological polar surface area (TPSA) is 224 Å². The lowest BCUT2D eigenvalue weighted by atomic mass is 9.75. The van der Waals surface area contributed by atoms with E-state index in [1.165, 1.54) is 26.0 Å². The first-order valence-corrected chi connectivity index (χ1v) is 18.7. The number of hydrogen-bond acceptors (Lipinski definition) is 11. The molecule has 5 amide bonds. The van der Waals surface area contributed by atoms with Crippen molar-refractivity contribution in [3.05, 3.63) is 24.0 Å². The van der Waals surface area contributed by atoms with Gasteiger partial charge in [0.15, 0.2) is 17.3 Å². The molecule has 1 rings (SSSR count). The van der Waals surface area contributed by atoms with E-state index in [-0.39, 0.29) is 18.1 Å². The fourth-order valence-corrected chi connectivity index (χ4v) is 6.26. The summed E-state index contributed by atoms with van der Waals surface area (Å²) in [5.41, 5.74) is -2.33. The minimum atomic E-state index is -1.50. The monoisotopic (exact) mass is 811 g/mol. The van der Waals surface area contributed by atoms with Crippen LogP contribution >= 0.6 is 9.24 Å². The number of halogens is 1. The van der Waals surface area contributed by atoms with Gasteiger partial charge >= 0.3 is 11.9 Å². The molecule has 0 bridgehead atoms. The van der Waals surface area contributed by atoms with Crippen LogP contribution in [0.3, 0.4) is 0 Å². The number of nitrogens with one attached hydrogen (secondary N) is 5. The van der Waals surface area contributed by atoms with Crippen molar-refractivity contribution >= 4 is 61.8 Å². The quantitative estimate of drug-likeness (QED) is 0.0881. The molecule has 6 atom stereocenters. The predicted molar refractivity (Wildman–Crippen MR) is 208 cm³/mol. The largest absolute Gasteiger partial charge is 0.484 e. The van der Waals surface area contributed by atoms with Crippen molar-refractivity contribution in [1.82, 2.24) is 26.6 Å². The molecule has 1 aromatic rings. The van der Waals surface area contributed by atoms with Gasteiger partial charge < -0.3 is 40.8 Å². The van der Waals surface area contributed by atoms with Crippen molar-refractivity contribution < 1.29 is 57.0 Å².